The van der Waals surface area contributed by atoms with Crippen LogP contribution in [0.15, 0.2) is 9.98 Å². The molecule has 0 bridgehead atoms. The summed E-state index contributed by atoms with van der Waals surface area (Å²) in [5.74, 6) is 2.59. The zero-order valence-electron chi connectivity index (χ0n) is 23.2. The number of carbonyl (C=O) groups excluding carboxylic acids is 2. The first-order valence-electron chi connectivity index (χ1n) is 12.0. The molecule has 0 aromatic heterocycles. The lowest BCUT2D eigenvalue weighted by Crippen LogP contribution is -2.24. The van der Waals surface area contributed by atoms with Crippen LogP contribution in [-0.2, 0) is 24.3 Å². The van der Waals surface area contributed by atoms with Crippen LogP contribution in [0.4, 0.5) is 9.59 Å². The normalized spacial score (nSPS) is 11.3. The Morgan fingerprint density at radius 1 is 0.628 bits per heavy atom. The molecule has 4 N–H and O–H groups in total. The van der Waals surface area contributed by atoms with Crippen molar-refractivity contribution in [3.05, 3.63) is 0 Å². The highest BCUT2D eigenvalue weighted by atomic mass is 32.3. The Morgan fingerprint density at radius 3 is 1.81 bits per heavy atom. The van der Waals surface area contributed by atoms with Gasteiger partial charge >= 0.3 is 6.09 Å². The maximum atomic E-state index is 11.9. The minimum atomic E-state index is -0.523. The van der Waals surface area contributed by atoms with Gasteiger partial charge in [-0.05, 0) is 0 Å². The molecule has 0 aromatic rings. The van der Waals surface area contributed by atoms with Gasteiger partial charge in [0.1, 0.15) is 19.2 Å². The molecule has 0 aliphatic carbocycles. The molecule has 0 radical (unpaired) electrons. The number of nitrogens with zero attached hydrogens (tertiary/aromatic N) is 2. The number of alkyl carbamates (subject to hydrolysis) is 1. The van der Waals surface area contributed by atoms with Crippen molar-refractivity contribution >= 4 is 142 Å². The van der Waals surface area contributed by atoms with Crippen LogP contribution in [0, 0.1) is 0 Å². The fourth-order valence-corrected chi connectivity index (χ4v) is 11.5. The van der Waals surface area contributed by atoms with Crippen molar-refractivity contribution in [2.75, 3.05) is 91.5 Å². The summed E-state index contributed by atoms with van der Waals surface area (Å²) in [4.78, 5) is 50.2. The van der Waals surface area contributed by atoms with Crippen molar-refractivity contribution in [1.82, 2.24) is 10.6 Å². The van der Waals surface area contributed by atoms with Gasteiger partial charge in [-0.15, -0.1) is 106 Å². The number of thioether (sulfide) groups is 10. The van der Waals surface area contributed by atoms with Gasteiger partial charge in [0.15, 0.2) is 0 Å². The van der Waals surface area contributed by atoms with E-state index in [2.05, 4.69) is 35.1 Å². The highest BCUT2D eigenvalue weighted by Gasteiger charge is 2.02. The SMILES string of the molecule is O=C(NCSCSCSCN=COOCSCSCSCSC(=O)NCSCSCSCN=COOCCO)OCCO. The van der Waals surface area contributed by atoms with E-state index in [1.807, 2.05) is 0 Å². The van der Waals surface area contributed by atoms with Gasteiger partial charge in [0.2, 0.25) is 12.8 Å². The summed E-state index contributed by atoms with van der Waals surface area (Å²) in [5, 5.41) is 28.5. The third-order valence-corrected chi connectivity index (χ3v) is 14.4. The highest BCUT2D eigenvalue weighted by Crippen LogP contribution is 2.22. The summed E-state index contributed by atoms with van der Waals surface area (Å²) in [6.45, 7) is -0.159. The zero-order valence-corrected chi connectivity index (χ0v) is 31.4. The van der Waals surface area contributed by atoms with Gasteiger partial charge in [0, 0.05) is 35.6 Å². The van der Waals surface area contributed by atoms with E-state index in [1.54, 1.807) is 106 Å². The van der Waals surface area contributed by atoms with Crippen LogP contribution in [0.25, 0.3) is 0 Å². The van der Waals surface area contributed by atoms with Gasteiger partial charge in [0.05, 0.1) is 36.7 Å². The van der Waals surface area contributed by atoms with Crippen molar-refractivity contribution < 1.29 is 44.1 Å². The molecule has 0 fully saturated rings. The summed E-state index contributed by atoms with van der Waals surface area (Å²) < 4.78 is 4.68. The van der Waals surface area contributed by atoms with Crippen LogP contribution in [0.5, 0.6) is 0 Å². The van der Waals surface area contributed by atoms with Crippen molar-refractivity contribution in [3.8, 4) is 0 Å². The summed E-state index contributed by atoms with van der Waals surface area (Å²) in [7, 11) is 0. The average molecular weight is 799 g/mol. The average Bonchev–Trinajstić information content (AvgIpc) is 3.01. The Bertz CT molecular complexity index is 697. The largest absolute Gasteiger partial charge is 0.447 e. The van der Waals surface area contributed by atoms with E-state index < -0.39 is 6.09 Å². The molecule has 0 saturated carbocycles. The van der Waals surface area contributed by atoms with Crippen LogP contribution in [0.3, 0.4) is 0 Å². The third-order valence-electron chi connectivity index (χ3n) is 3.24. The van der Waals surface area contributed by atoms with Crippen molar-refractivity contribution in [2.45, 2.75) is 0 Å². The molecule has 13 nitrogen and oxygen atoms in total. The molecule has 23 heteroatoms. The monoisotopic (exact) mass is 798 g/mol. The first-order chi connectivity index (χ1) is 21.2. The number of ether oxygens (including phenoxy) is 1. The molecule has 0 aromatic carbocycles. The predicted molar refractivity (Wildman–Crippen MR) is 198 cm³/mol. The number of carbonyl (C=O) groups is 2. The summed E-state index contributed by atoms with van der Waals surface area (Å²) >= 11 is 16.3. The van der Waals surface area contributed by atoms with Gasteiger partial charge < -0.3 is 35.4 Å². The lowest BCUT2D eigenvalue weighted by Gasteiger charge is -2.05. The Balaban J connectivity index is 3.24. The number of hydrogen-bond acceptors (Lipinski definition) is 21. The number of aliphatic hydroxyl groups excluding tert-OH is 2. The van der Waals surface area contributed by atoms with E-state index in [4.69, 9.17) is 20.0 Å². The number of aliphatic imine (C=N–C) groups is 2. The van der Waals surface area contributed by atoms with E-state index >= 15 is 0 Å². The first-order valence-corrected chi connectivity index (χ1v) is 23.3. The van der Waals surface area contributed by atoms with Crippen molar-refractivity contribution in [1.29, 1.82) is 0 Å². The van der Waals surface area contributed by atoms with E-state index in [1.165, 1.54) is 24.6 Å². The van der Waals surface area contributed by atoms with Crippen molar-refractivity contribution in [2.24, 2.45) is 9.98 Å². The molecule has 0 atom stereocenters. The Morgan fingerprint density at radius 2 is 1.16 bits per heavy atom. The molecular formula is C20H38N4O9S10. The second kappa shape index (κ2) is 39.2. The fraction of sp³-hybridized carbons (Fsp3) is 0.800. The second-order valence-electron chi connectivity index (χ2n) is 6.40. The third kappa shape index (κ3) is 39.1. The quantitative estimate of drug-likeness (QED) is 0.0175. The molecule has 43 heavy (non-hydrogen) atoms. The maximum Gasteiger partial charge on any atom is 0.407 e. The second-order valence-corrected chi connectivity index (χ2v) is 18.7. The molecule has 0 spiro atoms. The van der Waals surface area contributed by atoms with Crippen LogP contribution >= 0.6 is 118 Å². The number of nitrogens with one attached hydrogen (secondary N) is 2. The molecule has 0 aliphatic heterocycles. The van der Waals surface area contributed by atoms with E-state index in [0.717, 1.165) is 30.5 Å². The summed E-state index contributed by atoms with van der Waals surface area (Å²) in [5.41, 5.74) is 0. The Kier molecular flexibility index (Phi) is 40.1. The molecular weight excluding hydrogens is 761 g/mol. The van der Waals surface area contributed by atoms with Gasteiger partial charge in [-0.25, -0.2) is 14.8 Å². The molecule has 0 aliphatic rings. The summed E-state index contributed by atoms with van der Waals surface area (Å²) in [6.07, 6.45) is 1.99. The van der Waals surface area contributed by atoms with Crippen LogP contribution < -0.4 is 10.6 Å². The molecule has 0 rings (SSSR count). The topological polar surface area (TPSA) is 170 Å². The van der Waals surface area contributed by atoms with Crippen LogP contribution in [0.1, 0.15) is 0 Å². The number of rotatable bonds is 32. The van der Waals surface area contributed by atoms with E-state index in [0.29, 0.717) is 34.5 Å². The fourth-order valence-electron chi connectivity index (χ4n) is 1.67. The first kappa shape index (κ1) is 44.0. The minimum absolute atomic E-state index is 0.00167. The van der Waals surface area contributed by atoms with Gasteiger partial charge in [0.25, 0.3) is 5.24 Å². The number of hydrogen-bond donors (Lipinski definition) is 4. The maximum absolute atomic E-state index is 11.9. The minimum Gasteiger partial charge on any atom is -0.447 e. The Labute approximate surface area is 295 Å². The molecule has 0 unspecified atom stereocenters. The summed E-state index contributed by atoms with van der Waals surface area (Å²) in [6, 6.07) is 0. The smallest absolute Gasteiger partial charge is 0.407 e. The highest BCUT2D eigenvalue weighted by molar-refractivity contribution is 8.29. The molecule has 2 amide bonds. The Hall–Kier alpha value is 1.02. The molecule has 0 heterocycles. The van der Waals surface area contributed by atoms with Crippen LogP contribution in [0.2, 0.25) is 0 Å². The predicted octanol–water partition coefficient (Wildman–Crippen LogP) is 5.18. The lowest BCUT2D eigenvalue weighted by molar-refractivity contribution is -0.221. The molecule has 252 valence electrons. The van der Waals surface area contributed by atoms with Crippen molar-refractivity contribution in [3.63, 3.8) is 0 Å². The van der Waals surface area contributed by atoms with Crippen LogP contribution in [-0.4, -0.2) is 126 Å². The van der Waals surface area contributed by atoms with E-state index in [9.17, 15) is 9.59 Å². The molecule has 0 saturated heterocycles. The van der Waals surface area contributed by atoms with E-state index in [-0.39, 0.29) is 31.7 Å². The van der Waals surface area contributed by atoms with Gasteiger partial charge in [-0.2, -0.15) is 9.78 Å². The number of amides is 2. The standard InChI is InChI=1S/C20H38N4O9S10/c25-1-3-29-19(27)23-9-36-14-39-12-35-8-22-6-32-33-11-38-16-41-17-42-18-43-20(28)24-10-37-15-40-13-34-7-21-5-31-30-4-2-26/h5-6,25-26H,1-4,7-18H2,(H,23,27)(H,24,28). The zero-order chi connectivity index (χ0) is 31.3. The lowest BCUT2D eigenvalue weighted by atomic mass is 10.8. The van der Waals surface area contributed by atoms with Gasteiger partial charge in [-0.3, -0.25) is 4.79 Å². The van der Waals surface area contributed by atoms with Gasteiger partial charge in [-0.1, -0.05) is 11.8 Å². The number of aliphatic hydroxyl groups is 2.